The number of anilines is 1. The van der Waals surface area contributed by atoms with E-state index in [0.29, 0.717) is 6.04 Å². The lowest BCUT2D eigenvalue weighted by Crippen LogP contribution is -2.39. The van der Waals surface area contributed by atoms with Crippen LogP contribution in [-0.2, 0) is 0 Å². The molecule has 0 aromatic heterocycles. The van der Waals surface area contributed by atoms with Crippen molar-refractivity contribution >= 4 is 28.3 Å². The summed E-state index contributed by atoms with van der Waals surface area (Å²) in [6, 6.07) is 9.20. The van der Waals surface area contributed by atoms with Gasteiger partial charge in [0.1, 0.15) is 0 Å². The molecular weight excluding hydrogens is 299 g/mol. The molecule has 1 aromatic carbocycles. The Balaban J connectivity index is 1.96. The Hall–Kier alpha value is -0.290. The molecule has 1 aromatic rings. The second kappa shape index (κ2) is 5.16. The van der Waals surface area contributed by atoms with Gasteiger partial charge in [0.25, 0.3) is 0 Å². The van der Waals surface area contributed by atoms with Gasteiger partial charge in [0.2, 0.25) is 0 Å². The third-order valence-corrected chi connectivity index (χ3v) is 3.49. The van der Waals surface area contributed by atoms with Gasteiger partial charge in [-0.05, 0) is 67.2 Å². The summed E-state index contributed by atoms with van der Waals surface area (Å²) in [4.78, 5) is 2.40. The molecule has 1 atom stereocenters. The number of nitrogens with zero attached hydrogens (tertiary/aromatic N) is 1. The molecule has 3 heteroatoms. The van der Waals surface area contributed by atoms with E-state index in [1.54, 1.807) is 0 Å². The predicted molar refractivity (Wildman–Crippen MR) is 73.3 cm³/mol. The summed E-state index contributed by atoms with van der Waals surface area (Å²) in [5.74, 6) is 0. The van der Waals surface area contributed by atoms with E-state index in [2.05, 4.69) is 64.1 Å². The van der Waals surface area contributed by atoms with Gasteiger partial charge in [-0.3, -0.25) is 0 Å². The van der Waals surface area contributed by atoms with Crippen LogP contribution in [0.3, 0.4) is 0 Å². The highest BCUT2D eigenvalue weighted by Gasteiger charge is 2.16. The van der Waals surface area contributed by atoms with Crippen LogP contribution in [0.2, 0.25) is 0 Å². The summed E-state index contributed by atoms with van der Waals surface area (Å²) in [6.45, 7) is 2.40. The first-order chi connectivity index (χ1) is 7.24. The molecule has 1 aliphatic rings. The smallest absolute Gasteiger partial charge is 0.0388 e. The van der Waals surface area contributed by atoms with Crippen LogP contribution in [0.15, 0.2) is 24.3 Å². The first-order valence-electron chi connectivity index (χ1n) is 5.45. The van der Waals surface area contributed by atoms with E-state index >= 15 is 0 Å². The lowest BCUT2D eigenvalue weighted by molar-refractivity contribution is 0.261. The van der Waals surface area contributed by atoms with Crippen molar-refractivity contribution in [3.8, 4) is 0 Å². The summed E-state index contributed by atoms with van der Waals surface area (Å²) >= 11 is 2.35. The second-order valence-corrected chi connectivity index (χ2v) is 5.50. The molecule has 1 aliphatic heterocycles. The number of halogens is 1. The van der Waals surface area contributed by atoms with E-state index in [9.17, 15) is 0 Å². The largest absolute Gasteiger partial charge is 0.381 e. The van der Waals surface area contributed by atoms with Gasteiger partial charge >= 0.3 is 0 Å². The molecule has 0 amide bonds. The number of nitrogens with one attached hydrogen (secondary N) is 1. The molecule has 0 radical (unpaired) electrons. The lowest BCUT2D eigenvalue weighted by Gasteiger charge is -2.30. The predicted octanol–water partition coefficient (Wildman–Crippen LogP) is 2.80. The Morgan fingerprint density at radius 1 is 1.47 bits per heavy atom. The SMILES string of the molecule is CN1CCCC(Nc2cccc(I)c2)C1. The summed E-state index contributed by atoms with van der Waals surface area (Å²) in [5, 5.41) is 3.61. The summed E-state index contributed by atoms with van der Waals surface area (Å²) < 4.78 is 1.29. The minimum absolute atomic E-state index is 0.613. The van der Waals surface area contributed by atoms with Crippen molar-refractivity contribution in [3.05, 3.63) is 27.8 Å². The molecule has 1 fully saturated rings. The minimum Gasteiger partial charge on any atom is -0.381 e. The van der Waals surface area contributed by atoms with Crippen LogP contribution in [0, 0.1) is 3.57 Å². The van der Waals surface area contributed by atoms with Gasteiger partial charge in [0, 0.05) is 21.8 Å². The van der Waals surface area contributed by atoms with E-state index < -0.39 is 0 Å². The molecule has 1 saturated heterocycles. The Morgan fingerprint density at radius 2 is 2.33 bits per heavy atom. The van der Waals surface area contributed by atoms with E-state index in [4.69, 9.17) is 0 Å². The number of likely N-dealkylation sites (N-methyl/N-ethyl adjacent to an activating group) is 1. The fraction of sp³-hybridized carbons (Fsp3) is 0.500. The van der Waals surface area contributed by atoms with Crippen LogP contribution in [0.25, 0.3) is 0 Å². The molecular formula is C12H17IN2. The number of benzene rings is 1. The standard InChI is InChI=1S/C12H17IN2/c1-15-7-3-6-12(9-15)14-11-5-2-4-10(13)8-11/h2,4-5,8,12,14H,3,6-7,9H2,1H3. The summed E-state index contributed by atoms with van der Waals surface area (Å²) in [7, 11) is 2.20. The van der Waals surface area contributed by atoms with Crippen LogP contribution < -0.4 is 5.32 Å². The third-order valence-electron chi connectivity index (χ3n) is 2.82. The molecule has 2 rings (SSSR count). The first kappa shape index (κ1) is 11.2. The lowest BCUT2D eigenvalue weighted by atomic mass is 10.1. The van der Waals surface area contributed by atoms with Crippen molar-refractivity contribution in [2.24, 2.45) is 0 Å². The summed E-state index contributed by atoms with van der Waals surface area (Å²) in [6.07, 6.45) is 2.59. The first-order valence-corrected chi connectivity index (χ1v) is 6.52. The molecule has 1 N–H and O–H groups in total. The van der Waals surface area contributed by atoms with Gasteiger partial charge in [-0.1, -0.05) is 6.07 Å². The van der Waals surface area contributed by atoms with Crippen molar-refractivity contribution in [1.29, 1.82) is 0 Å². The van der Waals surface area contributed by atoms with Crippen molar-refractivity contribution in [1.82, 2.24) is 4.90 Å². The second-order valence-electron chi connectivity index (χ2n) is 4.26. The van der Waals surface area contributed by atoms with Gasteiger partial charge in [-0.25, -0.2) is 0 Å². The number of rotatable bonds is 2. The molecule has 2 nitrogen and oxygen atoms in total. The number of hydrogen-bond donors (Lipinski definition) is 1. The monoisotopic (exact) mass is 316 g/mol. The molecule has 0 saturated carbocycles. The zero-order valence-electron chi connectivity index (χ0n) is 9.04. The molecule has 0 aliphatic carbocycles. The topological polar surface area (TPSA) is 15.3 Å². The molecule has 0 bridgehead atoms. The fourth-order valence-electron chi connectivity index (χ4n) is 2.10. The zero-order valence-corrected chi connectivity index (χ0v) is 11.2. The van der Waals surface area contributed by atoms with Gasteiger partial charge in [-0.15, -0.1) is 0 Å². The Morgan fingerprint density at radius 3 is 3.07 bits per heavy atom. The number of likely N-dealkylation sites (tertiary alicyclic amines) is 1. The highest BCUT2D eigenvalue weighted by molar-refractivity contribution is 14.1. The molecule has 0 spiro atoms. The van der Waals surface area contributed by atoms with Crippen LogP contribution in [0.4, 0.5) is 5.69 Å². The maximum atomic E-state index is 3.61. The quantitative estimate of drug-likeness (QED) is 0.844. The van der Waals surface area contributed by atoms with Crippen LogP contribution in [0.5, 0.6) is 0 Å². The minimum atomic E-state index is 0.613. The molecule has 15 heavy (non-hydrogen) atoms. The van der Waals surface area contributed by atoms with Crippen LogP contribution >= 0.6 is 22.6 Å². The Bertz CT molecular complexity index is 327. The van der Waals surface area contributed by atoms with Crippen LogP contribution in [-0.4, -0.2) is 31.1 Å². The molecule has 82 valence electrons. The van der Waals surface area contributed by atoms with E-state index in [1.165, 1.54) is 28.6 Å². The van der Waals surface area contributed by atoms with Gasteiger partial charge in [-0.2, -0.15) is 0 Å². The Labute approximate surface area is 105 Å². The molecule has 1 heterocycles. The summed E-state index contributed by atoms with van der Waals surface area (Å²) in [5.41, 5.74) is 1.25. The average Bonchev–Trinajstić information content (AvgIpc) is 2.17. The third kappa shape index (κ3) is 3.34. The van der Waals surface area contributed by atoms with E-state index in [-0.39, 0.29) is 0 Å². The highest BCUT2D eigenvalue weighted by Crippen LogP contribution is 2.17. The van der Waals surface area contributed by atoms with Gasteiger partial charge in [0.15, 0.2) is 0 Å². The van der Waals surface area contributed by atoms with Crippen molar-refractivity contribution in [2.45, 2.75) is 18.9 Å². The normalized spacial score (nSPS) is 22.7. The fourth-order valence-corrected chi connectivity index (χ4v) is 2.64. The highest BCUT2D eigenvalue weighted by atomic mass is 127. The van der Waals surface area contributed by atoms with Gasteiger partial charge in [0.05, 0.1) is 0 Å². The van der Waals surface area contributed by atoms with E-state index in [0.717, 1.165) is 6.54 Å². The maximum Gasteiger partial charge on any atom is 0.0388 e. The Kier molecular flexibility index (Phi) is 3.86. The van der Waals surface area contributed by atoms with Crippen molar-refractivity contribution in [2.75, 3.05) is 25.5 Å². The van der Waals surface area contributed by atoms with Crippen molar-refractivity contribution < 1.29 is 0 Å². The number of hydrogen-bond acceptors (Lipinski definition) is 2. The van der Waals surface area contributed by atoms with Gasteiger partial charge < -0.3 is 10.2 Å². The number of piperidine rings is 1. The van der Waals surface area contributed by atoms with Crippen molar-refractivity contribution in [3.63, 3.8) is 0 Å². The zero-order chi connectivity index (χ0) is 10.7. The van der Waals surface area contributed by atoms with E-state index in [1.807, 2.05) is 0 Å². The molecule has 1 unspecified atom stereocenters. The average molecular weight is 316 g/mol. The van der Waals surface area contributed by atoms with Crippen LogP contribution in [0.1, 0.15) is 12.8 Å². The maximum absolute atomic E-state index is 3.61.